The minimum atomic E-state index is -0.183. The molecule has 1 unspecified atom stereocenters. The first-order valence-corrected chi connectivity index (χ1v) is 8.16. The number of nitrogens with zero attached hydrogens (tertiary/aromatic N) is 2. The summed E-state index contributed by atoms with van der Waals surface area (Å²) >= 11 is 0. The lowest BCUT2D eigenvalue weighted by atomic mass is 10.1. The molecule has 24 heavy (non-hydrogen) atoms. The van der Waals surface area contributed by atoms with E-state index < -0.39 is 0 Å². The van der Waals surface area contributed by atoms with Crippen molar-refractivity contribution < 1.29 is 9.21 Å². The van der Waals surface area contributed by atoms with Gasteiger partial charge in [-0.15, -0.1) is 0 Å². The van der Waals surface area contributed by atoms with Crippen molar-refractivity contribution in [2.45, 2.75) is 40.2 Å². The number of hydrogen-bond donors (Lipinski definition) is 1. The van der Waals surface area contributed by atoms with Crippen LogP contribution in [0.4, 0.5) is 0 Å². The molecular weight excluding hydrogens is 302 g/mol. The smallest absolute Gasteiger partial charge is 0.287 e. The number of fused-ring (bicyclic) bond motifs is 1. The van der Waals surface area contributed by atoms with Gasteiger partial charge in [-0.25, -0.2) is 0 Å². The summed E-state index contributed by atoms with van der Waals surface area (Å²) in [6.45, 7) is 8.05. The van der Waals surface area contributed by atoms with Gasteiger partial charge in [-0.2, -0.15) is 5.10 Å². The quantitative estimate of drug-likeness (QED) is 0.799. The fraction of sp³-hybridized carbons (Fsp3) is 0.368. The molecule has 0 aliphatic heterocycles. The Labute approximate surface area is 141 Å². The van der Waals surface area contributed by atoms with Gasteiger partial charge in [0.25, 0.3) is 5.91 Å². The molecule has 0 aliphatic carbocycles. The SMILES string of the molecule is Cc1nn(C)c(C)c1CC(C)NC(=O)c1cc2c(C)cccc2o1. The van der Waals surface area contributed by atoms with Gasteiger partial charge in [0.05, 0.1) is 5.69 Å². The summed E-state index contributed by atoms with van der Waals surface area (Å²) in [6.07, 6.45) is 0.747. The minimum absolute atomic E-state index is 0.00610. The maximum absolute atomic E-state index is 12.5. The van der Waals surface area contributed by atoms with E-state index in [1.807, 2.05) is 63.7 Å². The molecule has 0 radical (unpaired) electrons. The highest BCUT2D eigenvalue weighted by Crippen LogP contribution is 2.22. The Bertz CT molecular complexity index is 905. The Morgan fingerprint density at radius 1 is 1.33 bits per heavy atom. The Hall–Kier alpha value is -2.56. The van der Waals surface area contributed by atoms with Crippen molar-refractivity contribution in [1.29, 1.82) is 0 Å². The third-order valence-electron chi connectivity index (χ3n) is 4.55. The van der Waals surface area contributed by atoms with Gasteiger partial charge in [0, 0.05) is 24.2 Å². The Morgan fingerprint density at radius 2 is 2.08 bits per heavy atom. The predicted octanol–water partition coefficient (Wildman–Crippen LogP) is 3.45. The van der Waals surface area contributed by atoms with Gasteiger partial charge < -0.3 is 9.73 Å². The minimum Gasteiger partial charge on any atom is -0.451 e. The lowest BCUT2D eigenvalue weighted by Crippen LogP contribution is -2.34. The first kappa shape index (κ1) is 16.3. The number of carbonyl (C=O) groups excluding carboxylic acids is 1. The summed E-state index contributed by atoms with van der Waals surface area (Å²) in [6, 6.07) is 7.63. The van der Waals surface area contributed by atoms with Gasteiger partial charge >= 0.3 is 0 Å². The molecule has 2 heterocycles. The van der Waals surface area contributed by atoms with Crippen LogP contribution in [0, 0.1) is 20.8 Å². The number of aromatic nitrogens is 2. The number of amides is 1. The van der Waals surface area contributed by atoms with Gasteiger partial charge in [0.2, 0.25) is 0 Å². The molecule has 0 saturated carbocycles. The molecule has 3 aromatic rings. The predicted molar refractivity (Wildman–Crippen MR) is 94.3 cm³/mol. The van der Waals surface area contributed by atoms with Crippen molar-refractivity contribution in [3.63, 3.8) is 0 Å². The van der Waals surface area contributed by atoms with Crippen LogP contribution in [-0.2, 0) is 13.5 Å². The molecule has 0 bridgehead atoms. The number of benzene rings is 1. The second kappa shape index (κ2) is 6.15. The standard InChI is InChI=1S/C19H23N3O2/c1-11-7-6-8-17-15(11)10-18(24-17)19(23)20-12(2)9-16-13(3)21-22(5)14(16)4/h6-8,10,12H,9H2,1-5H3,(H,20,23). The number of furan rings is 1. The number of rotatable bonds is 4. The van der Waals surface area contributed by atoms with E-state index in [2.05, 4.69) is 10.4 Å². The van der Waals surface area contributed by atoms with Crippen molar-refractivity contribution >= 4 is 16.9 Å². The normalized spacial score (nSPS) is 12.5. The summed E-state index contributed by atoms with van der Waals surface area (Å²) in [4.78, 5) is 12.5. The van der Waals surface area contributed by atoms with Crippen LogP contribution in [0.25, 0.3) is 11.0 Å². The van der Waals surface area contributed by atoms with E-state index in [0.29, 0.717) is 5.76 Å². The van der Waals surface area contributed by atoms with E-state index in [1.54, 1.807) is 0 Å². The lowest BCUT2D eigenvalue weighted by Gasteiger charge is -2.13. The van der Waals surface area contributed by atoms with Gasteiger partial charge in [0.1, 0.15) is 5.58 Å². The van der Waals surface area contributed by atoms with E-state index in [1.165, 1.54) is 5.56 Å². The van der Waals surface area contributed by atoms with Crippen LogP contribution in [0.5, 0.6) is 0 Å². The van der Waals surface area contributed by atoms with E-state index in [0.717, 1.165) is 34.3 Å². The van der Waals surface area contributed by atoms with Crippen LogP contribution < -0.4 is 5.32 Å². The molecule has 1 amide bonds. The van der Waals surface area contributed by atoms with Gasteiger partial charge in [-0.1, -0.05) is 12.1 Å². The maximum Gasteiger partial charge on any atom is 0.287 e. The third-order valence-corrected chi connectivity index (χ3v) is 4.55. The van der Waals surface area contributed by atoms with Crippen LogP contribution in [0.2, 0.25) is 0 Å². The highest BCUT2D eigenvalue weighted by Gasteiger charge is 2.18. The molecule has 0 saturated heterocycles. The summed E-state index contributed by atoms with van der Waals surface area (Å²) < 4.78 is 7.56. The second-order valence-electron chi connectivity index (χ2n) is 6.45. The third kappa shape index (κ3) is 2.94. The monoisotopic (exact) mass is 325 g/mol. The Morgan fingerprint density at radius 3 is 2.71 bits per heavy atom. The van der Waals surface area contributed by atoms with Crippen LogP contribution in [0.3, 0.4) is 0 Å². The van der Waals surface area contributed by atoms with Gasteiger partial charge in [-0.05, 0) is 57.4 Å². The molecular formula is C19H23N3O2. The molecule has 2 aromatic heterocycles. The summed E-state index contributed by atoms with van der Waals surface area (Å²) in [7, 11) is 1.94. The van der Waals surface area contributed by atoms with E-state index >= 15 is 0 Å². The highest BCUT2D eigenvalue weighted by molar-refractivity contribution is 5.96. The van der Waals surface area contributed by atoms with Crippen molar-refractivity contribution in [1.82, 2.24) is 15.1 Å². The summed E-state index contributed by atoms with van der Waals surface area (Å²) in [5, 5.41) is 8.42. The van der Waals surface area contributed by atoms with Gasteiger partial charge in [-0.3, -0.25) is 9.48 Å². The molecule has 5 nitrogen and oxygen atoms in total. The topological polar surface area (TPSA) is 60.1 Å². The van der Waals surface area contributed by atoms with E-state index in [-0.39, 0.29) is 11.9 Å². The fourth-order valence-electron chi connectivity index (χ4n) is 3.08. The van der Waals surface area contributed by atoms with E-state index in [9.17, 15) is 4.79 Å². The zero-order valence-corrected chi connectivity index (χ0v) is 14.8. The second-order valence-corrected chi connectivity index (χ2v) is 6.45. The number of aryl methyl sites for hydroxylation is 3. The molecule has 5 heteroatoms. The van der Waals surface area contributed by atoms with E-state index in [4.69, 9.17) is 4.42 Å². The largest absolute Gasteiger partial charge is 0.451 e. The van der Waals surface area contributed by atoms with Crippen LogP contribution in [-0.4, -0.2) is 21.7 Å². The van der Waals surface area contributed by atoms with Crippen molar-refractivity contribution in [2.24, 2.45) is 7.05 Å². The number of nitrogens with one attached hydrogen (secondary N) is 1. The first-order valence-electron chi connectivity index (χ1n) is 8.16. The number of hydrogen-bond acceptors (Lipinski definition) is 3. The van der Waals surface area contributed by atoms with Gasteiger partial charge in [0.15, 0.2) is 5.76 Å². The van der Waals surface area contributed by atoms with Crippen LogP contribution in [0.1, 0.15) is 40.0 Å². The van der Waals surface area contributed by atoms with Crippen molar-refractivity contribution in [2.75, 3.05) is 0 Å². The Balaban J connectivity index is 1.74. The van der Waals surface area contributed by atoms with Crippen LogP contribution in [0.15, 0.2) is 28.7 Å². The van der Waals surface area contributed by atoms with Crippen molar-refractivity contribution in [3.8, 4) is 0 Å². The summed E-state index contributed by atoms with van der Waals surface area (Å²) in [5.74, 6) is 0.170. The zero-order valence-electron chi connectivity index (χ0n) is 14.8. The molecule has 3 rings (SSSR count). The molecule has 0 aliphatic rings. The Kier molecular flexibility index (Phi) is 4.18. The summed E-state index contributed by atoms with van der Waals surface area (Å²) in [5.41, 5.74) is 5.17. The molecule has 1 atom stereocenters. The first-order chi connectivity index (χ1) is 11.4. The van der Waals surface area contributed by atoms with Crippen LogP contribution >= 0.6 is 0 Å². The number of carbonyl (C=O) groups is 1. The molecule has 126 valence electrons. The average molecular weight is 325 g/mol. The fourth-order valence-corrected chi connectivity index (χ4v) is 3.08. The maximum atomic E-state index is 12.5. The molecule has 0 fully saturated rings. The van der Waals surface area contributed by atoms with Crippen molar-refractivity contribution in [3.05, 3.63) is 52.5 Å². The molecule has 0 spiro atoms. The molecule has 1 aromatic carbocycles. The zero-order chi connectivity index (χ0) is 17.4. The molecule has 1 N–H and O–H groups in total. The highest BCUT2D eigenvalue weighted by atomic mass is 16.3. The average Bonchev–Trinajstić information content (AvgIpc) is 3.06. The lowest BCUT2D eigenvalue weighted by molar-refractivity contribution is 0.0914.